The minimum absolute atomic E-state index is 0.0699. The number of nitrogens with zero attached hydrogens (tertiary/aromatic N) is 1. The molecule has 2 rings (SSSR count). The van der Waals surface area contributed by atoms with Crippen LogP contribution in [-0.2, 0) is 5.41 Å². The average Bonchev–Trinajstić information content (AvgIpc) is 2.45. The van der Waals surface area contributed by atoms with Gasteiger partial charge in [0.05, 0.1) is 6.10 Å². The highest BCUT2D eigenvalue weighted by Crippen LogP contribution is 2.24. The van der Waals surface area contributed by atoms with Gasteiger partial charge in [0, 0.05) is 25.3 Å². The first-order valence-electron chi connectivity index (χ1n) is 8.20. The van der Waals surface area contributed by atoms with E-state index < -0.39 is 0 Å². The summed E-state index contributed by atoms with van der Waals surface area (Å²) in [6.07, 6.45) is 2.94. The SMILES string of the molecule is CC(C)(C)c1cccc(NCCCN2CCC(O)CC2)c1. The van der Waals surface area contributed by atoms with Gasteiger partial charge in [-0.1, -0.05) is 32.9 Å². The molecule has 0 aliphatic carbocycles. The summed E-state index contributed by atoms with van der Waals surface area (Å²) >= 11 is 0. The molecule has 0 amide bonds. The van der Waals surface area contributed by atoms with E-state index >= 15 is 0 Å². The molecule has 1 aliphatic rings. The molecule has 21 heavy (non-hydrogen) atoms. The average molecular weight is 290 g/mol. The molecule has 0 spiro atoms. The lowest BCUT2D eigenvalue weighted by Crippen LogP contribution is -2.36. The summed E-state index contributed by atoms with van der Waals surface area (Å²) in [5, 5.41) is 13.0. The zero-order valence-electron chi connectivity index (χ0n) is 13.7. The Labute approximate surface area is 129 Å². The number of aliphatic hydroxyl groups excluding tert-OH is 1. The maximum Gasteiger partial charge on any atom is 0.0564 e. The van der Waals surface area contributed by atoms with E-state index in [1.165, 1.54) is 11.3 Å². The van der Waals surface area contributed by atoms with Crippen LogP contribution in [0.3, 0.4) is 0 Å². The van der Waals surface area contributed by atoms with Crippen molar-refractivity contribution in [1.82, 2.24) is 4.90 Å². The van der Waals surface area contributed by atoms with Crippen molar-refractivity contribution in [2.24, 2.45) is 0 Å². The molecule has 1 aromatic carbocycles. The highest BCUT2D eigenvalue weighted by atomic mass is 16.3. The number of rotatable bonds is 5. The first kappa shape index (κ1) is 16.3. The number of hydrogen-bond donors (Lipinski definition) is 2. The van der Waals surface area contributed by atoms with E-state index in [9.17, 15) is 5.11 Å². The Hall–Kier alpha value is -1.06. The van der Waals surface area contributed by atoms with Gasteiger partial charge in [-0.2, -0.15) is 0 Å². The summed E-state index contributed by atoms with van der Waals surface area (Å²) in [6, 6.07) is 8.74. The van der Waals surface area contributed by atoms with Crippen molar-refractivity contribution < 1.29 is 5.11 Å². The molecule has 118 valence electrons. The predicted molar refractivity (Wildman–Crippen MR) is 89.9 cm³/mol. The summed E-state index contributed by atoms with van der Waals surface area (Å²) in [4.78, 5) is 2.46. The van der Waals surface area contributed by atoms with Gasteiger partial charge in [-0.25, -0.2) is 0 Å². The monoisotopic (exact) mass is 290 g/mol. The Bertz CT molecular complexity index is 431. The van der Waals surface area contributed by atoms with Gasteiger partial charge in [0.25, 0.3) is 0 Å². The van der Waals surface area contributed by atoms with Crippen LogP contribution < -0.4 is 5.32 Å². The maximum atomic E-state index is 9.50. The fraction of sp³-hybridized carbons (Fsp3) is 0.667. The predicted octanol–water partition coefficient (Wildman–Crippen LogP) is 3.24. The van der Waals surface area contributed by atoms with E-state index in [0.717, 1.165) is 45.4 Å². The summed E-state index contributed by atoms with van der Waals surface area (Å²) < 4.78 is 0. The van der Waals surface area contributed by atoms with Crippen LogP contribution in [0.5, 0.6) is 0 Å². The molecule has 0 aromatic heterocycles. The van der Waals surface area contributed by atoms with Gasteiger partial charge in [0.15, 0.2) is 0 Å². The van der Waals surface area contributed by atoms with Crippen molar-refractivity contribution in [3.05, 3.63) is 29.8 Å². The molecule has 2 N–H and O–H groups in total. The van der Waals surface area contributed by atoms with Gasteiger partial charge in [-0.15, -0.1) is 0 Å². The van der Waals surface area contributed by atoms with E-state index in [4.69, 9.17) is 0 Å². The molecule has 0 saturated carbocycles. The molecule has 1 fully saturated rings. The molecular formula is C18H30N2O. The molecule has 3 nitrogen and oxygen atoms in total. The van der Waals surface area contributed by atoms with E-state index in [-0.39, 0.29) is 11.5 Å². The number of nitrogens with one attached hydrogen (secondary N) is 1. The summed E-state index contributed by atoms with van der Waals surface area (Å²) in [5.41, 5.74) is 2.79. The number of piperidine rings is 1. The van der Waals surface area contributed by atoms with Crippen molar-refractivity contribution >= 4 is 5.69 Å². The van der Waals surface area contributed by atoms with Crippen molar-refractivity contribution in [2.45, 2.75) is 51.6 Å². The van der Waals surface area contributed by atoms with Crippen molar-refractivity contribution in [1.29, 1.82) is 0 Å². The van der Waals surface area contributed by atoms with Crippen LogP contribution in [0.15, 0.2) is 24.3 Å². The number of hydrogen-bond acceptors (Lipinski definition) is 3. The molecular weight excluding hydrogens is 260 g/mol. The van der Waals surface area contributed by atoms with Crippen molar-refractivity contribution in [2.75, 3.05) is 31.5 Å². The third-order valence-corrected chi connectivity index (χ3v) is 4.27. The van der Waals surface area contributed by atoms with Crippen LogP contribution in [0.1, 0.15) is 45.6 Å². The third kappa shape index (κ3) is 5.33. The lowest BCUT2D eigenvalue weighted by molar-refractivity contribution is 0.0825. The fourth-order valence-electron chi connectivity index (χ4n) is 2.77. The maximum absolute atomic E-state index is 9.50. The van der Waals surface area contributed by atoms with Crippen LogP contribution in [0.25, 0.3) is 0 Å². The smallest absolute Gasteiger partial charge is 0.0564 e. The summed E-state index contributed by atoms with van der Waals surface area (Å²) in [5.74, 6) is 0. The first-order valence-corrected chi connectivity index (χ1v) is 8.20. The Morgan fingerprint density at radius 2 is 1.95 bits per heavy atom. The van der Waals surface area contributed by atoms with Crippen LogP contribution >= 0.6 is 0 Å². The molecule has 0 radical (unpaired) electrons. The third-order valence-electron chi connectivity index (χ3n) is 4.27. The van der Waals surface area contributed by atoms with E-state index in [2.05, 4.69) is 55.3 Å². The van der Waals surface area contributed by atoms with Gasteiger partial charge < -0.3 is 15.3 Å². The van der Waals surface area contributed by atoms with E-state index in [1.807, 2.05) is 0 Å². The molecule has 0 atom stereocenters. The van der Waals surface area contributed by atoms with Gasteiger partial charge in [0.2, 0.25) is 0 Å². The van der Waals surface area contributed by atoms with Crippen LogP contribution in [-0.4, -0.2) is 42.3 Å². The quantitative estimate of drug-likeness (QED) is 0.817. The van der Waals surface area contributed by atoms with Crippen LogP contribution in [0.2, 0.25) is 0 Å². The topological polar surface area (TPSA) is 35.5 Å². The van der Waals surface area contributed by atoms with Crippen molar-refractivity contribution in [3.8, 4) is 0 Å². The number of likely N-dealkylation sites (tertiary alicyclic amines) is 1. The Morgan fingerprint density at radius 3 is 2.62 bits per heavy atom. The highest BCUT2D eigenvalue weighted by Gasteiger charge is 2.16. The van der Waals surface area contributed by atoms with Gasteiger partial charge in [0.1, 0.15) is 0 Å². The van der Waals surface area contributed by atoms with E-state index in [1.54, 1.807) is 0 Å². The minimum atomic E-state index is -0.0699. The highest BCUT2D eigenvalue weighted by molar-refractivity contribution is 5.47. The second-order valence-corrected chi connectivity index (χ2v) is 7.18. The number of aliphatic hydroxyl groups is 1. The minimum Gasteiger partial charge on any atom is -0.393 e. The largest absolute Gasteiger partial charge is 0.393 e. The van der Waals surface area contributed by atoms with Gasteiger partial charge in [-0.3, -0.25) is 0 Å². The molecule has 0 unspecified atom stereocenters. The number of anilines is 1. The summed E-state index contributed by atoms with van der Waals surface area (Å²) in [7, 11) is 0. The van der Waals surface area contributed by atoms with Gasteiger partial charge in [-0.05, 0) is 48.9 Å². The van der Waals surface area contributed by atoms with Gasteiger partial charge >= 0.3 is 0 Å². The summed E-state index contributed by atoms with van der Waals surface area (Å²) in [6.45, 7) is 11.0. The second kappa shape index (κ2) is 7.28. The molecule has 1 heterocycles. The Balaban J connectivity index is 1.71. The normalized spacial score (nSPS) is 17.9. The Kier molecular flexibility index (Phi) is 5.65. The van der Waals surface area contributed by atoms with Crippen molar-refractivity contribution in [3.63, 3.8) is 0 Å². The first-order chi connectivity index (χ1) is 9.95. The number of benzene rings is 1. The van der Waals surface area contributed by atoms with E-state index in [0.29, 0.717) is 0 Å². The molecule has 0 bridgehead atoms. The molecule has 1 aliphatic heterocycles. The second-order valence-electron chi connectivity index (χ2n) is 7.18. The Morgan fingerprint density at radius 1 is 1.24 bits per heavy atom. The lowest BCUT2D eigenvalue weighted by Gasteiger charge is -2.29. The molecule has 1 aromatic rings. The lowest BCUT2D eigenvalue weighted by atomic mass is 9.87. The molecule has 3 heteroatoms. The fourth-order valence-corrected chi connectivity index (χ4v) is 2.77. The zero-order chi connectivity index (χ0) is 15.3. The standard InChI is InChI=1S/C18H30N2O/c1-18(2,3)15-6-4-7-16(14-15)19-10-5-11-20-12-8-17(21)9-13-20/h4,6-7,14,17,19,21H,5,8-13H2,1-3H3. The zero-order valence-corrected chi connectivity index (χ0v) is 13.7. The van der Waals surface area contributed by atoms with Crippen LogP contribution in [0.4, 0.5) is 5.69 Å². The van der Waals surface area contributed by atoms with Crippen LogP contribution in [0, 0.1) is 0 Å². The molecule has 1 saturated heterocycles.